The van der Waals surface area contributed by atoms with E-state index in [0.717, 1.165) is 42.7 Å². The van der Waals surface area contributed by atoms with E-state index in [1.807, 2.05) is 0 Å². The normalized spacial score (nSPS) is 22.5. The first-order valence-electron chi connectivity index (χ1n) is 8.32. The van der Waals surface area contributed by atoms with Crippen LogP contribution >= 0.6 is 0 Å². The summed E-state index contributed by atoms with van der Waals surface area (Å²) < 4.78 is 40.4. The molecule has 5 nitrogen and oxygen atoms in total. The van der Waals surface area contributed by atoms with Crippen molar-refractivity contribution in [2.24, 2.45) is 0 Å². The molecule has 1 atom stereocenters. The maximum atomic E-state index is 12.5. The molecule has 0 unspecified atom stereocenters. The van der Waals surface area contributed by atoms with Gasteiger partial charge in [0.15, 0.2) is 0 Å². The van der Waals surface area contributed by atoms with Crippen LogP contribution in [-0.4, -0.2) is 30.3 Å². The topological polar surface area (TPSA) is 58.6 Å². The molecule has 1 aliphatic heterocycles. The number of amides is 2. The summed E-state index contributed by atoms with van der Waals surface area (Å²) >= 11 is 0. The van der Waals surface area contributed by atoms with Gasteiger partial charge in [0.2, 0.25) is 5.91 Å². The SMILES string of the molecule is O=C1C[C@H](NC2CCCCC2)C(=O)N1c1ccc(OC(F)(F)F)cc1. The fourth-order valence-electron chi connectivity index (χ4n) is 3.38. The van der Waals surface area contributed by atoms with Crippen molar-refractivity contribution in [1.29, 1.82) is 0 Å². The highest BCUT2D eigenvalue weighted by atomic mass is 19.4. The van der Waals surface area contributed by atoms with Crippen molar-refractivity contribution in [3.8, 4) is 5.75 Å². The zero-order chi connectivity index (χ0) is 18.0. The summed E-state index contributed by atoms with van der Waals surface area (Å²) in [6, 6.07) is 4.40. The molecule has 2 fully saturated rings. The average molecular weight is 356 g/mol. The van der Waals surface area contributed by atoms with Gasteiger partial charge < -0.3 is 10.1 Å². The van der Waals surface area contributed by atoms with Crippen LogP contribution in [0.3, 0.4) is 0 Å². The number of anilines is 1. The number of nitrogens with zero attached hydrogens (tertiary/aromatic N) is 1. The Kier molecular flexibility index (Phi) is 4.99. The summed E-state index contributed by atoms with van der Waals surface area (Å²) in [4.78, 5) is 25.8. The van der Waals surface area contributed by atoms with Crippen molar-refractivity contribution in [3.63, 3.8) is 0 Å². The predicted molar refractivity (Wildman–Crippen MR) is 84.0 cm³/mol. The van der Waals surface area contributed by atoms with Gasteiger partial charge >= 0.3 is 6.36 Å². The number of alkyl halides is 3. The van der Waals surface area contributed by atoms with Crippen LogP contribution in [0.4, 0.5) is 18.9 Å². The number of hydrogen-bond acceptors (Lipinski definition) is 4. The number of ether oxygens (including phenoxy) is 1. The molecule has 1 saturated carbocycles. The minimum absolute atomic E-state index is 0.0656. The monoisotopic (exact) mass is 356 g/mol. The minimum Gasteiger partial charge on any atom is -0.406 e. The first kappa shape index (κ1) is 17.7. The van der Waals surface area contributed by atoms with E-state index in [0.29, 0.717) is 0 Å². The van der Waals surface area contributed by atoms with E-state index in [-0.39, 0.29) is 30.0 Å². The maximum Gasteiger partial charge on any atom is 0.573 e. The van der Waals surface area contributed by atoms with E-state index >= 15 is 0 Å². The zero-order valence-corrected chi connectivity index (χ0v) is 13.5. The molecule has 136 valence electrons. The molecule has 1 aromatic carbocycles. The first-order valence-corrected chi connectivity index (χ1v) is 8.32. The molecular formula is C17H19F3N2O3. The first-order chi connectivity index (χ1) is 11.8. The Morgan fingerprint density at radius 1 is 1.04 bits per heavy atom. The van der Waals surface area contributed by atoms with E-state index in [2.05, 4.69) is 10.1 Å². The lowest BCUT2D eigenvalue weighted by molar-refractivity contribution is -0.274. The molecule has 8 heteroatoms. The molecule has 0 aromatic heterocycles. The summed E-state index contributed by atoms with van der Waals surface area (Å²) in [7, 11) is 0. The van der Waals surface area contributed by atoms with E-state index in [9.17, 15) is 22.8 Å². The Bertz CT molecular complexity index is 640. The second-order valence-corrected chi connectivity index (χ2v) is 6.37. The highest BCUT2D eigenvalue weighted by molar-refractivity contribution is 6.22. The number of benzene rings is 1. The van der Waals surface area contributed by atoms with Gasteiger partial charge in [-0.1, -0.05) is 19.3 Å². The third kappa shape index (κ3) is 4.31. The van der Waals surface area contributed by atoms with Crippen LogP contribution in [0.5, 0.6) is 5.75 Å². The Morgan fingerprint density at radius 3 is 2.28 bits per heavy atom. The summed E-state index contributed by atoms with van der Waals surface area (Å²) in [5, 5.41) is 3.25. The molecule has 1 saturated heterocycles. The number of halogens is 3. The van der Waals surface area contributed by atoms with Gasteiger partial charge in [0.05, 0.1) is 18.2 Å². The highest BCUT2D eigenvalue weighted by Crippen LogP contribution is 2.28. The van der Waals surface area contributed by atoms with Gasteiger partial charge in [-0.3, -0.25) is 9.59 Å². The van der Waals surface area contributed by atoms with Crippen molar-refractivity contribution >= 4 is 17.5 Å². The fourth-order valence-corrected chi connectivity index (χ4v) is 3.38. The number of imide groups is 1. The molecule has 25 heavy (non-hydrogen) atoms. The Balaban J connectivity index is 1.67. The molecule has 2 aliphatic rings. The third-order valence-electron chi connectivity index (χ3n) is 4.52. The second-order valence-electron chi connectivity index (χ2n) is 6.37. The fraction of sp³-hybridized carbons (Fsp3) is 0.529. The van der Waals surface area contributed by atoms with Crippen LogP contribution in [0.2, 0.25) is 0 Å². The van der Waals surface area contributed by atoms with Crippen molar-refractivity contribution in [1.82, 2.24) is 5.32 Å². The molecule has 0 spiro atoms. The Hall–Kier alpha value is -2.09. The summed E-state index contributed by atoms with van der Waals surface area (Å²) in [6.45, 7) is 0. The van der Waals surface area contributed by atoms with Crippen molar-refractivity contribution in [2.45, 2.75) is 57.0 Å². The van der Waals surface area contributed by atoms with Crippen molar-refractivity contribution < 1.29 is 27.5 Å². The second kappa shape index (κ2) is 7.03. The Morgan fingerprint density at radius 2 is 1.68 bits per heavy atom. The molecule has 1 aliphatic carbocycles. The number of carbonyl (C=O) groups is 2. The van der Waals surface area contributed by atoms with E-state index in [1.54, 1.807) is 0 Å². The van der Waals surface area contributed by atoms with E-state index in [4.69, 9.17) is 0 Å². The molecule has 1 aromatic rings. The van der Waals surface area contributed by atoms with E-state index < -0.39 is 18.2 Å². The number of nitrogens with one attached hydrogen (secondary N) is 1. The van der Waals surface area contributed by atoms with Gasteiger partial charge in [-0.2, -0.15) is 0 Å². The van der Waals surface area contributed by atoms with Gasteiger partial charge in [0.1, 0.15) is 5.75 Å². The minimum atomic E-state index is -4.78. The largest absolute Gasteiger partial charge is 0.573 e. The lowest BCUT2D eigenvalue weighted by Crippen LogP contribution is -2.44. The lowest BCUT2D eigenvalue weighted by atomic mass is 9.95. The quantitative estimate of drug-likeness (QED) is 0.842. The smallest absolute Gasteiger partial charge is 0.406 e. The summed E-state index contributed by atoms with van der Waals surface area (Å²) in [5.74, 6) is -1.12. The maximum absolute atomic E-state index is 12.5. The molecule has 3 rings (SSSR count). The summed E-state index contributed by atoms with van der Waals surface area (Å²) in [6.07, 6.45) is 0.664. The summed E-state index contributed by atoms with van der Waals surface area (Å²) in [5.41, 5.74) is 0.248. The van der Waals surface area contributed by atoms with Gasteiger partial charge in [-0.15, -0.1) is 13.2 Å². The van der Waals surface area contributed by atoms with Gasteiger partial charge in [0, 0.05) is 6.04 Å². The third-order valence-corrected chi connectivity index (χ3v) is 4.52. The van der Waals surface area contributed by atoms with Crippen LogP contribution in [0.25, 0.3) is 0 Å². The number of carbonyl (C=O) groups excluding carboxylic acids is 2. The van der Waals surface area contributed by atoms with Crippen LogP contribution in [-0.2, 0) is 9.59 Å². The predicted octanol–water partition coefficient (Wildman–Crippen LogP) is 3.14. The lowest BCUT2D eigenvalue weighted by Gasteiger charge is -2.25. The van der Waals surface area contributed by atoms with Crippen molar-refractivity contribution in [3.05, 3.63) is 24.3 Å². The van der Waals surface area contributed by atoms with Crippen LogP contribution in [0.1, 0.15) is 38.5 Å². The molecule has 2 amide bonds. The highest BCUT2D eigenvalue weighted by Gasteiger charge is 2.40. The van der Waals surface area contributed by atoms with Gasteiger partial charge in [-0.05, 0) is 37.1 Å². The molecule has 0 bridgehead atoms. The average Bonchev–Trinajstić information content (AvgIpc) is 2.82. The zero-order valence-electron chi connectivity index (χ0n) is 13.5. The molecule has 1 heterocycles. The van der Waals surface area contributed by atoms with Gasteiger partial charge in [-0.25, -0.2) is 4.90 Å². The van der Waals surface area contributed by atoms with E-state index in [1.165, 1.54) is 18.6 Å². The van der Waals surface area contributed by atoms with Crippen LogP contribution in [0.15, 0.2) is 24.3 Å². The molecule has 0 radical (unpaired) electrons. The molecule has 1 N–H and O–H groups in total. The molecular weight excluding hydrogens is 337 g/mol. The van der Waals surface area contributed by atoms with Crippen LogP contribution in [0, 0.1) is 0 Å². The van der Waals surface area contributed by atoms with Gasteiger partial charge in [0.25, 0.3) is 5.91 Å². The number of rotatable bonds is 4. The van der Waals surface area contributed by atoms with Crippen LogP contribution < -0.4 is 15.0 Å². The Labute approximate surface area is 143 Å². The standard InChI is InChI=1S/C17H19F3N2O3/c18-17(19,20)25-13-8-6-12(7-9-13)22-15(23)10-14(16(22)24)21-11-4-2-1-3-5-11/h6-9,11,14,21H,1-5,10H2/t14-/m0/s1. The number of hydrogen-bond donors (Lipinski definition) is 1. The van der Waals surface area contributed by atoms with Crippen molar-refractivity contribution in [2.75, 3.05) is 4.90 Å².